The van der Waals surface area contributed by atoms with Gasteiger partial charge in [-0.3, -0.25) is 14.4 Å². The predicted octanol–water partition coefficient (Wildman–Crippen LogP) is 2.57. The van der Waals surface area contributed by atoms with Gasteiger partial charge in [0.05, 0.1) is 12.6 Å². The zero-order valence-corrected chi connectivity index (χ0v) is 15.7. The van der Waals surface area contributed by atoms with Crippen LogP contribution in [0.15, 0.2) is 12.3 Å². The van der Waals surface area contributed by atoms with Crippen molar-refractivity contribution in [3.05, 3.63) is 18.0 Å². The summed E-state index contributed by atoms with van der Waals surface area (Å²) in [5, 5.41) is 4.42. The van der Waals surface area contributed by atoms with E-state index < -0.39 is 0 Å². The summed E-state index contributed by atoms with van der Waals surface area (Å²) in [6.07, 6.45) is 6.99. The summed E-state index contributed by atoms with van der Waals surface area (Å²) >= 11 is 0. The van der Waals surface area contributed by atoms with E-state index in [9.17, 15) is 4.79 Å². The molecule has 0 aromatic carbocycles. The molecule has 1 amide bonds. The van der Waals surface area contributed by atoms with Crippen molar-refractivity contribution < 1.29 is 9.53 Å². The number of piperidine rings is 1. The SMILES string of the molecule is CCC(CC)n1nccc1C(=O)N1CCC(N2CCCOCC2)CC1. The Morgan fingerprint density at radius 1 is 1.20 bits per heavy atom. The van der Waals surface area contributed by atoms with Gasteiger partial charge >= 0.3 is 0 Å². The summed E-state index contributed by atoms with van der Waals surface area (Å²) in [5.41, 5.74) is 0.746. The van der Waals surface area contributed by atoms with Crippen LogP contribution in [-0.4, -0.2) is 70.9 Å². The number of hydrogen-bond acceptors (Lipinski definition) is 4. The van der Waals surface area contributed by atoms with E-state index in [0.717, 1.165) is 77.2 Å². The van der Waals surface area contributed by atoms with E-state index in [1.807, 2.05) is 15.6 Å². The van der Waals surface area contributed by atoms with Crippen LogP contribution in [-0.2, 0) is 4.74 Å². The van der Waals surface area contributed by atoms with E-state index in [-0.39, 0.29) is 5.91 Å². The molecule has 3 rings (SSSR count). The lowest BCUT2D eigenvalue weighted by atomic mass is 10.0. The Morgan fingerprint density at radius 3 is 2.68 bits per heavy atom. The summed E-state index contributed by atoms with van der Waals surface area (Å²) in [5.74, 6) is 0.141. The van der Waals surface area contributed by atoms with Crippen LogP contribution >= 0.6 is 0 Å². The minimum atomic E-state index is 0.141. The van der Waals surface area contributed by atoms with Crippen LogP contribution < -0.4 is 0 Å². The third kappa shape index (κ3) is 4.23. The standard InChI is InChI=1S/C19H32N4O2/c1-3-16(4-2)23-18(6-9-20-23)19(24)22-11-7-17(8-12-22)21-10-5-14-25-15-13-21/h6,9,16-17H,3-5,7-8,10-15H2,1-2H3. The molecule has 0 spiro atoms. The summed E-state index contributed by atoms with van der Waals surface area (Å²) in [4.78, 5) is 17.6. The van der Waals surface area contributed by atoms with Crippen LogP contribution in [0.4, 0.5) is 0 Å². The first kappa shape index (κ1) is 18.4. The maximum Gasteiger partial charge on any atom is 0.272 e. The van der Waals surface area contributed by atoms with Crippen LogP contribution in [0.25, 0.3) is 0 Å². The molecule has 2 fully saturated rings. The number of ether oxygens (including phenoxy) is 1. The lowest BCUT2D eigenvalue weighted by Gasteiger charge is -2.38. The van der Waals surface area contributed by atoms with E-state index in [2.05, 4.69) is 23.8 Å². The first-order valence-electron chi connectivity index (χ1n) is 9.89. The number of carbonyl (C=O) groups is 1. The van der Waals surface area contributed by atoms with Gasteiger partial charge in [0.1, 0.15) is 5.69 Å². The number of likely N-dealkylation sites (tertiary alicyclic amines) is 1. The van der Waals surface area contributed by atoms with Crippen molar-refractivity contribution >= 4 is 5.91 Å². The van der Waals surface area contributed by atoms with Gasteiger partial charge < -0.3 is 9.64 Å². The monoisotopic (exact) mass is 348 g/mol. The van der Waals surface area contributed by atoms with Crippen molar-refractivity contribution in [2.45, 2.75) is 58.0 Å². The lowest BCUT2D eigenvalue weighted by molar-refractivity contribution is 0.0595. The molecule has 0 saturated carbocycles. The molecular weight excluding hydrogens is 316 g/mol. The van der Waals surface area contributed by atoms with Gasteiger partial charge in [0.2, 0.25) is 0 Å². The maximum absolute atomic E-state index is 13.0. The average molecular weight is 348 g/mol. The Bertz CT molecular complexity index is 539. The van der Waals surface area contributed by atoms with Gasteiger partial charge in [-0.2, -0.15) is 5.10 Å². The Morgan fingerprint density at radius 2 is 1.96 bits per heavy atom. The first-order valence-corrected chi connectivity index (χ1v) is 9.89. The molecule has 0 radical (unpaired) electrons. The number of hydrogen-bond donors (Lipinski definition) is 0. The molecule has 0 aliphatic carbocycles. The molecule has 3 heterocycles. The van der Waals surface area contributed by atoms with Gasteiger partial charge in [-0.05, 0) is 38.2 Å². The fraction of sp³-hybridized carbons (Fsp3) is 0.789. The number of nitrogens with zero attached hydrogens (tertiary/aromatic N) is 4. The Kier molecular flexibility index (Phi) is 6.48. The average Bonchev–Trinajstić information content (AvgIpc) is 2.97. The van der Waals surface area contributed by atoms with Crippen LogP contribution in [0.5, 0.6) is 0 Å². The van der Waals surface area contributed by atoms with Crippen molar-refractivity contribution in [1.82, 2.24) is 19.6 Å². The quantitative estimate of drug-likeness (QED) is 0.821. The maximum atomic E-state index is 13.0. The van der Waals surface area contributed by atoms with Crippen LogP contribution in [0, 0.1) is 0 Å². The van der Waals surface area contributed by atoms with Crippen molar-refractivity contribution in [3.63, 3.8) is 0 Å². The number of amides is 1. The molecule has 2 aliphatic heterocycles. The number of rotatable bonds is 5. The van der Waals surface area contributed by atoms with E-state index >= 15 is 0 Å². The zero-order valence-electron chi connectivity index (χ0n) is 15.7. The summed E-state index contributed by atoms with van der Waals surface area (Å²) < 4.78 is 7.50. The fourth-order valence-electron chi connectivity index (χ4n) is 4.14. The molecule has 0 N–H and O–H groups in total. The van der Waals surface area contributed by atoms with Gasteiger partial charge in [-0.1, -0.05) is 13.8 Å². The first-order chi connectivity index (χ1) is 12.2. The second kappa shape index (κ2) is 8.81. The van der Waals surface area contributed by atoms with Crippen LogP contribution in [0.1, 0.15) is 62.5 Å². The highest BCUT2D eigenvalue weighted by molar-refractivity contribution is 5.92. The largest absolute Gasteiger partial charge is 0.380 e. The molecule has 0 bridgehead atoms. The molecule has 2 aliphatic rings. The topological polar surface area (TPSA) is 50.6 Å². The van der Waals surface area contributed by atoms with Crippen LogP contribution in [0.2, 0.25) is 0 Å². The highest BCUT2D eigenvalue weighted by Gasteiger charge is 2.29. The van der Waals surface area contributed by atoms with E-state index in [0.29, 0.717) is 12.1 Å². The molecule has 1 aromatic rings. The molecule has 0 atom stereocenters. The van der Waals surface area contributed by atoms with E-state index in [1.54, 1.807) is 6.20 Å². The van der Waals surface area contributed by atoms with Crippen molar-refractivity contribution in [2.75, 3.05) is 39.4 Å². The van der Waals surface area contributed by atoms with Gasteiger partial charge in [0.25, 0.3) is 5.91 Å². The highest BCUT2D eigenvalue weighted by atomic mass is 16.5. The zero-order chi connectivity index (χ0) is 17.6. The number of aromatic nitrogens is 2. The summed E-state index contributed by atoms with van der Waals surface area (Å²) in [6.45, 7) is 9.87. The van der Waals surface area contributed by atoms with Gasteiger partial charge in [-0.15, -0.1) is 0 Å². The Balaban J connectivity index is 1.59. The van der Waals surface area contributed by atoms with Crippen molar-refractivity contribution in [3.8, 4) is 0 Å². The second-order valence-electron chi connectivity index (χ2n) is 7.16. The molecule has 0 unspecified atom stereocenters. The van der Waals surface area contributed by atoms with Gasteiger partial charge in [0, 0.05) is 45.0 Å². The minimum Gasteiger partial charge on any atom is -0.380 e. The van der Waals surface area contributed by atoms with Crippen LogP contribution in [0.3, 0.4) is 0 Å². The third-order valence-electron chi connectivity index (χ3n) is 5.70. The smallest absolute Gasteiger partial charge is 0.272 e. The second-order valence-corrected chi connectivity index (χ2v) is 7.16. The summed E-state index contributed by atoms with van der Waals surface area (Å²) in [7, 11) is 0. The Hall–Kier alpha value is -1.40. The normalized spacial score (nSPS) is 20.8. The molecule has 140 valence electrons. The molecule has 1 aromatic heterocycles. The molecule has 25 heavy (non-hydrogen) atoms. The number of carbonyl (C=O) groups excluding carboxylic acids is 1. The fourth-order valence-corrected chi connectivity index (χ4v) is 4.14. The highest BCUT2D eigenvalue weighted by Crippen LogP contribution is 2.22. The molecular formula is C19H32N4O2. The predicted molar refractivity (Wildman–Crippen MR) is 97.8 cm³/mol. The summed E-state index contributed by atoms with van der Waals surface area (Å²) in [6, 6.07) is 2.78. The van der Waals surface area contributed by atoms with Gasteiger partial charge in [0.15, 0.2) is 0 Å². The minimum absolute atomic E-state index is 0.141. The third-order valence-corrected chi connectivity index (χ3v) is 5.70. The molecule has 6 nitrogen and oxygen atoms in total. The Labute approximate surface area is 151 Å². The van der Waals surface area contributed by atoms with Crippen molar-refractivity contribution in [2.24, 2.45) is 0 Å². The van der Waals surface area contributed by atoms with E-state index in [1.165, 1.54) is 0 Å². The molecule has 6 heteroatoms. The molecule has 2 saturated heterocycles. The van der Waals surface area contributed by atoms with Gasteiger partial charge in [-0.25, -0.2) is 0 Å². The van der Waals surface area contributed by atoms with E-state index in [4.69, 9.17) is 4.74 Å². The van der Waals surface area contributed by atoms with Crippen molar-refractivity contribution in [1.29, 1.82) is 0 Å². The lowest BCUT2D eigenvalue weighted by Crippen LogP contribution is -2.47.